The van der Waals surface area contributed by atoms with Gasteiger partial charge in [0.25, 0.3) is 5.69 Å². The van der Waals surface area contributed by atoms with Crippen molar-refractivity contribution in [2.75, 3.05) is 38.5 Å². The van der Waals surface area contributed by atoms with E-state index in [1.54, 1.807) is 12.1 Å². The summed E-state index contributed by atoms with van der Waals surface area (Å²) in [5.74, 6) is -1.48. The number of carboxylic acids is 1. The molecule has 1 atom stereocenters. The first-order valence-electron chi connectivity index (χ1n) is 12.1. The number of hydrogen-bond donors (Lipinski definition) is 2. The number of alkyl halides is 3. The van der Waals surface area contributed by atoms with E-state index in [4.69, 9.17) is 4.74 Å². The topological polar surface area (TPSA) is 108 Å². The van der Waals surface area contributed by atoms with E-state index < -0.39 is 28.7 Å². The molecule has 2 N–H and O–H groups in total. The van der Waals surface area contributed by atoms with Crippen molar-refractivity contribution >= 4 is 33.7 Å². The van der Waals surface area contributed by atoms with E-state index in [0.29, 0.717) is 6.54 Å². The first-order chi connectivity index (χ1) is 18.4. The Morgan fingerprint density at radius 3 is 2.51 bits per heavy atom. The second kappa shape index (κ2) is 11.6. The van der Waals surface area contributed by atoms with E-state index in [0.717, 1.165) is 49.1 Å². The van der Waals surface area contributed by atoms with Crippen molar-refractivity contribution in [1.82, 2.24) is 9.80 Å². The van der Waals surface area contributed by atoms with Crippen LogP contribution in [0.1, 0.15) is 39.4 Å². The standard InChI is InChI=1S/C26H27F3N4O5S/c1-16(18-5-3-4-6-19(18)26(27,28)29)38-22-14-23(39-24(22)25(34)35)30-20-13-17(7-8-21(20)33(36)37)15-32-11-9-31(2)10-12-32/h3-8,13-14,16,30H,9-12,15H2,1-2H3,(H,34,35)/t16-/m1/s1. The predicted octanol–water partition coefficient (Wildman–Crippen LogP) is 6.00. The van der Waals surface area contributed by atoms with Crippen LogP contribution in [0.25, 0.3) is 0 Å². The Morgan fingerprint density at radius 1 is 1.18 bits per heavy atom. The third-order valence-electron chi connectivity index (χ3n) is 6.42. The number of benzene rings is 2. The average Bonchev–Trinajstić information content (AvgIpc) is 3.27. The lowest BCUT2D eigenvalue weighted by atomic mass is 10.0. The minimum atomic E-state index is -4.61. The van der Waals surface area contributed by atoms with Crippen LogP contribution in [0.15, 0.2) is 48.5 Å². The monoisotopic (exact) mass is 564 g/mol. The molecule has 208 valence electrons. The molecule has 13 heteroatoms. The summed E-state index contributed by atoms with van der Waals surface area (Å²) in [6, 6.07) is 11.0. The Hall–Kier alpha value is -3.68. The van der Waals surface area contributed by atoms with E-state index >= 15 is 0 Å². The van der Waals surface area contributed by atoms with Crippen molar-refractivity contribution in [1.29, 1.82) is 0 Å². The number of piperazine rings is 1. The molecule has 2 aromatic carbocycles. The first kappa shape index (κ1) is 28.3. The number of nitro groups is 1. The van der Waals surface area contributed by atoms with Gasteiger partial charge < -0.3 is 20.1 Å². The number of nitrogens with zero attached hydrogens (tertiary/aromatic N) is 3. The van der Waals surface area contributed by atoms with Crippen molar-refractivity contribution in [3.8, 4) is 5.75 Å². The zero-order chi connectivity index (χ0) is 28.3. The summed E-state index contributed by atoms with van der Waals surface area (Å²) < 4.78 is 46.2. The maximum atomic E-state index is 13.5. The van der Waals surface area contributed by atoms with Crippen LogP contribution in [0.5, 0.6) is 5.75 Å². The molecular formula is C26H27F3N4O5S. The zero-order valence-corrected chi connectivity index (χ0v) is 22.0. The van der Waals surface area contributed by atoms with Gasteiger partial charge in [0, 0.05) is 50.4 Å². The van der Waals surface area contributed by atoms with Crippen LogP contribution in [0.3, 0.4) is 0 Å². The minimum Gasteiger partial charge on any atom is -0.484 e. The summed E-state index contributed by atoms with van der Waals surface area (Å²) >= 11 is 0.775. The molecule has 0 unspecified atom stereocenters. The number of likely N-dealkylation sites (N-methyl/N-ethyl adjacent to an activating group) is 1. The number of thiophene rings is 1. The highest BCUT2D eigenvalue weighted by Crippen LogP contribution is 2.41. The van der Waals surface area contributed by atoms with Crippen LogP contribution in [-0.4, -0.2) is 59.0 Å². The second-order valence-corrected chi connectivity index (χ2v) is 10.3. The summed E-state index contributed by atoms with van der Waals surface area (Å²) in [5, 5.41) is 24.6. The van der Waals surface area contributed by atoms with Crippen molar-refractivity contribution < 1.29 is 32.7 Å². The summed E-state index contributed by atoms with van der Waals surface area (Å²) in [6.07, 6.45) is -5.73. The Labute approximate surface area is 226 Å². The van der Waals surface area contributed by atoms with Crippen LogP contribution in [-0.2, 0) is 12.7 Å². The normalized spacial score (nSPS) is 15.6. The van der Waals surface area contributed by atoms with E-state index in [-0.39, 0.29) is 32.6 Å². The van der Waals surface area contributed by atoms with Crippen LogP contribution in [0.4, 0.5) is 29.5 Å². The van der Waals surface area contributed by atoms with Crippen molar-refractivity contribution in [3.63, 3.8) is 0 Å². The van der Waals surface area contributed by atoms with Gasteiger partial charge in [-0.3, -0.25) is 15.0 Å². The van der Waals surface area contributed by atoms with Gasteiger partial charge in [-0.15, -0.1) is 11.3 Å². The lowest BCUT2D eigenvalue weighted by Crippen LogP contribution is -2.43. The lowest BCUT2D eigenvalue weighted by Gasteiger charge is -2.32. The Kier molecular flexibility index (Phi) is 8.42. The number of hydrogen-bond acceptors (Lipinski definition) is 8. The molecule has 0 amide bonds. The van der Waals surface area contributed by atoms with E-state index in [1.165, 1.54) is 37.3 Å². The number of nitro benzene ring substituents is 1. The highest BCUT2D eigenvalue weighted by molar-refractivity contribution is 7.18. The van der Waals surface area contributed by atoms with Crippen LogP contribution < -0.4 is 10.1 Å². The lowest BCUT2D eigenvalue weighted by molar-refractivity contribution is -0.383. The fourth-order valence-corrected chi connectivity index (χ4v) is 5.22. The van der Waals surface area contributed by atoms with Gasteiger partial charge >= 0.3 is 12.1 Å². The molecule has 0 spiro atoms. The summed E-state index contributed by atoms with van der Waals surface area (Å²) in [7, 11) is 2.05. The molecule has 0 bridgehead atoms. The highest BCUT2D eigenvalue weighted by Gasteiger charge is 2.35. The van der Waals surface area contributed by atoms with Crippen LogP contribution in [0.2, 0.25) is 0 Å². The second-order valence-electron chi connectivity index (χ2n) is 9.27. The van der Waals surface area contributed by atoms with Crippen LogP contribution in [0, 0.1) is 10.1 Å². The number of rotatable bonds is 9. The molecule has 1 fully saturated rings. The van der Waals surface area contributed by atoms with Crippen molar-refractivity contribution in [3.05, 3.63) is 80.2 Å². The third-order valence-corrected chi connectivity index (χ3v) is 7.44. The molecule has 1 saturated heterocycles. The van der Waals surface area contributed by atoms with Crippen molar-refractivity contribution in [2.45, 2.75) is 25.7 Å². The summed E-state index contributed by atoms with van der Waals surface area (Å²) in [4.78, 5) is 27.3. The number of nitrogens with one attached hydrogen (secondary N) is 1. The predicted molar refractivity (Wildman–Crippen MR) is 141 cm³/mol. The SMILES string of the molecule is C[C@@H](Oc1cc(Nc2cc(CN3CCN(C)CC3)ccc2[N+](=O)[O-])sc1C(=O)O)c1ccccc1C(F)(F)F. The fourth-order valence-electron chi connectivity index (χ4n) is 4.37. The fraction of sp³-hybridized carbons (Fsp3) is 0.346. The molecule has 1 aliphatic rings. The summed E-state index contributed by atoms with van der Waals surface area (Å²) in [5.41, 5.74) is -0.203. The third kappa shape index (κ3) is 6.85. The van der Waals surface area contributed by atoms with Gasteiger partial charge in [-0.1, -0.05) is 24.3 Å². The van der Waals surface area contributed by atoms with Gasteiger partial charge in [0.2, 0.25) is 0 Å². The Balaban J connectivity index is 1.59. The molecule has 39 heavy (non-hydrogen) atoms. The molecule has 2 heterocycles. The Bertz CT molecular complexity index is 1360. The van der Waals surface area contributed by atoms with Gasteiger partial charge in [-0.2, -0.15) is 13.2 Å². The number of carbonyl (C=O) groups is 1. The average molecular weight is 565 g/mol. The number of anilines is 2. The van der Waals surface area contributed by atoms with Gasteiger partial charge in [0.15, 0.2) is 4.88 Å². The maximum absolute atomic E-state index is 13.5. The molecule has 3 aromatic rings. The van der Waals surface area contributed by atoms with E-state index in [2.05, 4.69) is 15.1 Å². The number of ether oxygens (including phenoxy) is 1. The molecular weight excluding hydrogens is 537 g/mol. The molecule has 4 rings (SSSR count). The van der Waals surface area contributed by atoms with Crippen LogP contribution >= 0.6 is 11.3 Å². The minimum absolute atomic E-state index is 0.143. The molecule has 0 saturated carbocycles. The molecule has 0 radical (unpaired) electrons. The number of carboxylic acid groups (broad SMARTS) is 1. The van der Waals surface area contributed by atoms with Gasteiger partial charge in [-0.25, -0.2) is 4.79 Å². The molecule has 9 nitrogen and oxygen atoms in total. The van der Waals surface area contributed by atoms with Gasteiger partial charge in [0.05, 0.1) is 15.5 Å². The largest absolute Gasteiger partial charge is 0.484 e. The van der Waals surface area contributed by atoms with E-state index in [1.807, 2.05) is 7.05 Å². The Morgan fingerprint density at radius 2 is 1.87 bits per heavy atom. The number of halogens is 3. The van der Waals surface area contributed by atoms with E-state index in [9.17, 15) is 33.2 Å². The van der Waals surface area contributed by atoms with Crippen molar-refractivity contribution in [2.24, 2.45) is 0 Å². The molecule has 1 aliphatic heterocycles. The number of aromatic carboxylic acids is 1. The maximum Gasteiger partial charge on any atom is 0.416 e. The van der Waals surface area contributed by atoms with Gasteiger partial charge in [-0.05, 0) is 31.7 Å². The highest BCUT2D eigenvalue weighted by atomic mass is 32.1. The van der Waals surface area contributed by atoms with Gasteiger partial charge in [0.1, 0.15) is 17.5 Å². The molecule has 1 aromatic heterocycles. The molecule has 0 aliphatic carbocycles. The quantitative estimate of drug-likeness (QED) is 0.241. The zero-order valence-electron chi connectivity index (χ0n) is 21.2. The smallest absolute Gasteiger partial charge is 0.416 e. The summed E-state index contributed by atoms with van der Waals surface area (Å²) in [6.45, 7) is 5.54. The first-order valence-corrected chi connectivity index (χ1v) is 12.9.